The van der Waals surface area contributed by atoms with Gasteiger partial charge in [-0.15, -0.1) is 0 Å². The van der Waals surface area contributed by atoms with Gasteiger partial charge in [0.2, 0.25) is 0 Å². The lowest BCUT2D eigenvalue weighted by atomic mass is 9.68. The Morgan fingerprint density at radius 2 is 0.538 bits per heavy atom. The van der Waals surface area contributed by atoms with E-state index in [0.29, 0.717) is 121 Å². The van der Waals surface area contributed by atoms with Crippen molar-refractivity contribution < 1.29 is 105 Å². The summed E-state index contributed by atoms with van der Waals surface area (Å²) in [7, 11) is 0. The fourth-order valence-electron chi connectivity index (χ4n) is 18.7. The van der Waals surface area contributed by atoms with E-state index in [4.69, 9.17) is 56.8 Å². The Labute approximate surface area is 770 Å². The zero-order chi connectivity index (χ0) is 91.5. The molecule has 0 aliphatic heterocycles. The van der Waals surface area contributed by atoms with Crippen molar-refractivity contribution in [2.75, 3.05) is 39.6 Å². The molecule has 0 amide bonds. The van der Waals surface area contributed by atoms with E-state index in [1.807, 2.05) is 0 Å². The van der Waals surface area contributed by atoms with Crippen LogP contribution in [0.15, 0.2) is 133 Å². The van der Waals surface area contributed by atoms with Crippen LogP contribution in [0, 0.1) is 47.3 Å². The van der Waals surface area contributed by atoms with Crippen LogP contribution in [0.2, 0.25) is 0 Å². The molecule has 6 aromatic rings. The third-order valence-corrected chi connectivity index (χ3v) is 26.5. The third kappa shape index (κ3) is 38.0. The average Bonchev–Trinajstić information content (AvgIpc) is 0.801. The topological polar surface area (TPSA) is 281 Å². The Kier molecular flexibility index (Phi) is 46.0. The van der Waals surface area contributed by atoms with E-state index < -0.39 is 35.8 Å². The summed E-state index contributed by atoms with van der Waals surface area (Å²) in [5, 5.41) is 0.991. The maximum absolute atomic E-state index is 13.1. The molecule has 130 heavy (non-hydrogen) atoms. The number of hydrogen-bond donors (Lipinski definition) is 0. The summed E-state index contributed by atoms with van der Waals surface area (Å²) in [6.45, 7) is 6.62. The highest BCUT2D eigenvalue weighted by molar-refractivity contribution is 5.97. The van der Waals surface area contributed by atoms with Gasteiger partial charge in [-0.25, -0.2) is 9.59 Å². The van der Waals surface area contributed by atoms with Crippen molar-refractivity contribution in [3.05, 3.63) is 145 Å². The number of ether oxygens (including phenoxy) is 12. The summed E-state index contributed by atoms with van der Waals surface area (Å²) < 4.78 is 67.5. The fourth-order valence-corrected chi connectivity index (χ4v) is 18.7. The highest BCUT2D eigenvalue weighted by atomic mass is 16.6. The van der Waals surface area contributed by atoms with E-state index in [9.17, 15) is 47.9 Å². The molecule has 0 unspecified atom stereocenters. The number of hydrogen-bond acceptors (Lipinski definition) is 22. The summed E-state index contributed by atoms with van der Waals surface area (Å²) in [5.41, 5.74) is 0.779. The van der Waals surface area contributed by atoms with Gasteiger partial charge in [0.1, 0.15) is 46.0 Å². The SMILES string of the molecule is CCCCCC1CCC(C2CCC(C(=O)Oc3ccc(OC(=O)c4ccc(OCCCCCCCCOC(=O)CCCCCOC(=O)CCC(=O)Oc5cccc6cccc(OC(=O)CCC(=O)OCCCCCC(=O)OCCCCCCCCOc7ccc(C(=O)Oc8ccc(OC(=O)C9CCC(C%10CCC(CCCCC)CC%10)CC9)cc8)cc7)c56)cc4)cc3)CC2)CC1. The van der Waals surface area contributed by atoms with Crippen molar-refractivity contribution >= 4 is 70.5 Å². The van der Waals surface area contributed by atoms with Crippen molar-refractivity contribution in [1.29, 1.82) is 0 Å². The lowest BCUT2D eigenvalue weighted by Gasteiger charge is -2.37. The van der Waals surface area contributed by atoms with Crippen LogP contribution in [-0.4, -0.2) is 99.3 Å². The first kappa shape index (κ1) is 102. The van der Waals surface area contributed by atoms with E-state index >= 15 is 0 Å². The lowest BCUT2D eigenvalue weighted by molar-refractivity contribution is -0.147. The van der Waals surface area contributed by atoms with Gasteiger partial charge in [0.25, 0.3) is 0 Å². The van der Waals surface area contributed by atoms with E-state index in [-0.39, 0.29) is 99.0 Å². The molecule has 4 fully saturated rings. The summed E-state index contributed by atoms with van der Waals surface area (Å²) in [6, 6.07) is 37.0. The summed E-state index contributed by atoms with van der Waals surface area (Å²) in [5.74, 6) is 3.57. The minimum absolute atomic E-state index is 0.0736. The zero-order valence-corrected chi connectivity index (χ0v) is 77.5. The molecular weight excluding hydrogens is 1650 g/mol. The average molecular weight is 1790 g/mol. The van der Waals surface area contributed by atoms with E-state index in [2.05, 4.69) is 13.8 Å². The Bertz CT molecular complexity index is 4100. The number of carbonyl (C=O) groups excluding carboxylic acids is 10. The Hall–Kier alpha value is -10.1. The van der Waals surface area contributed by atoms with Crippen molar-refractivity contribution in [2.45, 2.75) is 322 Å². The van der Waals surface area contributed by atoms with Gasteiger partial charge in [-0.2, -0.15) is 0 Å². The molecule has 708 valence electrons. The first-order chi connectivity index (χ1) is 63.5. The molecule has 0 radical (unpaired) electrons. The highest BCUT2D eigenvalue weighted by Gasteiger charge is 2.36. The zero-order valence-electron chi connectivity index (χ0n) is 77.5. The van der Waals surface area contributed by atoms with Crippen LogP contribution in [0.5, 0.6) is 46.0 Å². The smallest absolute Gasteiger partial charge is 0.343 e. The quantitative estimate of drug-likeness (QED) is 0.0148. The molecular formula is C108H144O22. The van der Waals surface area contributed by atoms with Crippen molar-refractivity contribution in [2.24, 2.45) is 47.3 Å². The van der Waals surface area contributed by atoms with E-state index in [1.165, 1.54) is 103 Å². The number of benzene rings is 6. The number of fused-ring (bicyclic) bond motifs is 1. The van der Waals surface area contributed by atoms with Crippen LogP contribution >= 0.6 is 0 Å². The minimum Gasteiger partial charge on any atom is -0.494 e. The number of unbranched alkanes of at least 4 members (excludes halogenated alkanes) is 18. The summed E-state index contributed by atoms with van der Waals surface area (Å²) in [4.78, 5) is 128. The Balaban J connectivity index is 0.463. The normalized spacial score (nSPS) is 18.4. The van der Waals surface area contributed by atoms with Crippen molar-refractivity contribution in [1.82, 2.24) is 0 Å². The Morgan fingerprint density at radius 3 is 0.877 bits per heavy atom. The van der Waals surface area contributed by atoms with Gasteiger partial charge in [0.05, 0.1) is 93.7 Å². The van der Waals surface area contributed by atoms with Crippen LogP contribution in [-0.2, 0) is 57.3 Å². The van der Waals surface area contributed by atoms with Gasteiger partial charge in [-0.1, -0.05) is 167 Å². The second-order valence-electron chi connectivity index (χ2n) is 36.4. The molecule has 0 N–H and O–H groups in total. The first-order valence-electron chi connectivity index (χ1n) is 49.6. The molecule has 0 atom stereocenters. The van der Waals surface area contributed by atoms with Gasteiger partial charge in [0.15, 0.2) is 0 Å². The third-order valence-electron chi connectivity index (χ3n) is 26.5. The van der Waals surface area contributed by atoms with Crippen LogP contribution in [0.25, 0.3) is 10.8 Å². The van der Waals surface area contributed by atoms with Crippen LogP contribution in [0.1, 0.15) is 343 Å². The summed E-state index contributed by atoms with van der Waals surface area (Å²) in [6.07, 6.45) is 44.0. The number of carbonyl (C=O) groups is 10. The van der Waals surface area contributed by atoms with Gasteiger partial charge in [0, 0.05) is 12.8 Å². The molecule has 4 aliphatic rings. The maximum atomic E-state index is 13.1. The second-order valence-corrected chi connectivity index (χ2v) is 36.4. The molecule has 0 heterocycles. The fraction of sp³-hybridized carbons (Fsp3) is 0.593. The Morgan fingerprint density at radius 1 is 0.254 bits per heavy atom. The molecule has 0 aromatic heterocycles. The van der Waals surface area contributed by atoms with Gasteiger partial charge in [-0.3, -0.25) is 38.4 Å². The standard InChI is InChI=1S/C108H144O22/c1-3-5-17-29-79-37-41-81(42-38-79)83-45-49-86(50-46-83)105(115)125-92-61-65-94(66-62-92)127-107(117)88-53-57-90(58-54-88)119-73-21-11-7-9-13-23-75-121-98(109)35-19-15-25-77-123-100(111)69-71-102(113)129-96-33-27-31-85-32-28-34-97(104(85)96)130-103(114)72-70-101(112)124-78-26-16-20-36-99(110)122-76-24-14-10-8-12-22-74-120-91-59-55-89(56-60-91)108(118)128-95-67-63-93(64-68-95)126-106(116)87-51-47-84(48-52-87)82-43-39-80(40-44-82)30-18-6-4-2/h27-28,31-34,53-68,79-84,86-87H,3-26,29-30,35-52,69-78H2,1-2H3. The molecule has 6 aromatic carbocycles. The van der Waals surface area contributed by atoms with Crippen LogP contribution < -0.4 is 37.9 Å². The predicted octanol–water partition coefficient (Wildman–Crippen LogP) is 25.0. The van der Waals surface area contributed by atoms with Crippen LogP contribution in [0.3, 0.4) is 0 Å². The molecule has 0 bridgehead atoms. The van der Waals surface area contributed by atoms with E-state index in [1.54, 1.807) is 133 Å². The first-order valence-corrected chi connectivity index (χ1v) is 49.6. The molecule has 22 heteroatoms. The summed E-state index contributed by atoms with van der Waals surface area (Å²) >= 11 is 0. The monoisotopic (exact) mass is 1790 g/mol. The van der Waals surface area contributed by atoms with Crippen molar-refractivity contribution in [3.8, 4) is 46.0 Å². The molecule has 0 saturated heterocycles. The highest BCUT2D eigenvalue weighted by Crippen LogP contribution is 2.45. The molecule has 4 aliphatic carbocycles. The van der Waals surface area contributed by atoms with Crippen LogP contribution in [0.4, 0.5) is 0 Å². The van der Waals surface area contributed by atoms with Gasteiger partial charge < -0.3 is 56.8 Å². The lowest BCUT2D eigenvalue weighted by Crippen LogP contribution is -2.30. The molecule has 22 nitrogen and oxygen atoms in total. The number of esters is 10. The maximum Gasteiger partial charge on any atom is 0.343 e. The largest absolute Gasteiger partial charge is 0.494 e. The van der Waals surface area contributed by atoms with Gasteiger partial charge in [-0.05, 0) is 291 Å². The predicted molar refractivity (Wildman–Crippen MR) is 498 cm³/mol. The van der Waals surface area contributed by atoms with Crippen molar-refractivity contribution in [3.63, 3.8) is 0 Å². The number of rotatable bonds is 58. The molecule has 10 rings (SSSR count). The van der Waals surface area contributed by atoms with E-state index in [0.717, 1.165) is 164 Å². The molecule has 0 spiro atoms. The minimum atomic E-state index is -0.691. The second kappa shape index (κ2) is 58.6. The molecule has 4 saturated carbocycles. The van der Waals surface area contributed by atoms with Gasteiger partial charge >= 0.3 is 59.7 Å².